The van der Waals surface area contributed by atoms with Crippen LogP contribution < -0.4 is 20.1 Å². The van der Waals surface area contributed by atoms with E-state index in [1.54, 1.807) is 19.2 Å². The van der Waals surface area contributed by atoms with Gasteiger partial charge in [-0.25, -0.2) is 9.78 Å². The number of hydrogen-bond donors (Lipinski definition) is 3. The number of amides is 3. The minimum Gasteiger partial charge on any atom is -0.497 e. The maximum absolute atomic E-state index is 14.8. The van der Waals surface area contributed by atoms with Crippen LogP contribution in [0.3, 0.4) is 0 Å². The van der Waals surface area contributed by atoms with Gasteiger partial charge in [0.15, 0.2) is 0 Å². The third-order valence-corrected chi connectivity index (χ3v) is 14.6. The number of alkyl carbamates (subject to hydrolysis) is 1. The molecule has 4 aliphatic rings. The summed E-state index contributed by atoms with van der Waals surface area (Å²) in [6.45, 7) is 0.0346. The van der Waals surface area contributed by atoms with E-state index in [-0.39, 0.29) is 37.6 Å². The topological polar surface area (TPSA) is 170 Å². The Labute approximate surface area is 338 Å². The number of ether oxygens (including phenoxy) is 3. The SMILES string of the molecule is COc1ccc2c(O[C@@H]3C[C@H]4C(=O)N[C@]5(P(=O)(O)Cc6ccco6)C[C@H]5C=CCCCCC[C@H](NC(=O)OC5CCCC5)C(=O)N4C3)cc(-c3ccccc3)nc2c1. The Morgan fingerprint density at radius 2 is 1.83 bits per heavy atom. The highest BCUT2D eigenvalue weighted by atomic mass is 31.2. The highest BCUT2D eigenvalue weighted by molar-refractivity contribution is 7.59. The Kier molecular flexibility index (Phi) is 11.6. The van der Waals surface area contributed by atoms with Gasteiger partial charge in [0.05, 0.1) is 37.3 Å². The zero-order chi connectivity index (χ0) is 40.3. The fourth-order valence-electron chi connectivity index (χ4n) is 8.74. The maximum Gasteiger partial charge on any atom is 0.408 e. The number of methoxy groups -OCH3 is 1. The van der Waals surface area contributed by atoms with Crippen LogP contribution in [0.2, 0.25) is 0 Å². The van der Waals surface area contributed by atoms with Gasteiger partial charge in [-0.1, -0.05) is 55.3 Å². The van der Waals surface area contributed by atoms with Crippen LogP contribution >= 0.6 is 7.37 Å². The third-order valence-electron chi connectivity index (χ3n) is 12.0. The van der Waals surface area contributed by atoms with E-state index in [1.807, 2.05) is 66.7 Å². The summed E-state index contributed by atoms with van der Waals surface area (Å²) in [6, 6.07) is 18.4. The molecule has 58 heavy (non-hydrogen) atoms. The summed E-state index contributed by atoms with van der Waals surface area (Å²) >= 11 is 0. The summed E-state index contributed by atoms with van der Waals surface area (Å²) in [5, 5.41) is 5.16. The number of pyridine rings is 1. The Bertz CT molecular complexity index is 2190. The van der Waals surface area contributed by atoms with E-state index in [9.17, 15) is 23.8 Å². The average Bonchev–Trinajstić information content (AvgIpc) is 3.68. The highest BCUT2D eigenvalue weighted by Crippen LogP contribution is 2.71. The number of rotatable bonds is 9. The van der Waals surface area contributed by atoms with Gasteiger partial charge in [0, 0.05) is 35.4 Å². The number of nitrogens with zero attached hydrogens (tertiary/aromatic N) is 2. The Hall–Kier alpha value is -5.13. The van der Waals surface area contributed by atoms with Gasteiger partial charge < -0.3 is 39.1 Å². The summed E-state index contributed by atoms with van der Waals surface area (Å²) in [6.07, 6.45) is 11.0. The molecule has 1 unspecified atom stereocenters. The fourth-order valence-corrected chi connectivity index (χ4v) is 11.0. The molecule has 14 heteroatoms. The predicted molar refractivity (Wildman–Crippen MR) is 217 cm³/mol. The quantitative estimate of drug-likeness (QED) is 0.112. The molecular formula is C44H51N4O9P. The second-order valence-corrected chi connectivity index (χ2v) is 18.5. The van der Waals surface area contributed by atoms with E-state index in [0.717, 1.165) is 55.9 Å². The molecule has 4 heterocycles. The number of carbonyl (C=O) groups is 3. The molecule has 1 saturated heterocycles. The van der Waals surface area contributed by atoms with Crippen molar-refractivity contribution in [3.05, 3.63) is 90.9 Å². The molecule has 0 bridgehead atoms. The molecule has 6 atom stereocenters. The molecule has 13 nitrogen and oxygen atoms in total. The highest BCUT2D eigenvalue weighted by Gasteiger charge is 2.66. The van der Waals surface area contributed by atoms with Crippen molar-refractivity contribution in [1.82, 2.24) is 20.5 Å². The van der Waals surface area contributed by atoms with Crippen molar-refractivity contribution < 1.29 is 42.5 Å². The second kappa shape index (κ2) is 17.0. The van der Waals surface area contributed by atoms with Gasteiger partial charge in [0.1, 0.15) is 46.8 Å². The number of nitrogens with one attached hydrogen (secondary N) is 2. The van der Waals surface area contributed by atoms with Crippen molar-refractivity contribution in [3.8, 4) is 22.8 Å². The molecule has 306 valence electrons. The van der Waals surface area contributed by atoms with Crippen LogP contribution in [0.1, 0.15) is 76.4 Å². The summed E-state index contributed by atoms with van der Waals surface area (Å²) in [5.74, 6) is 0.138. The van der Waals surface area contributed by atoms with Crippen LogP contribution in [0.5, 0.6) is 11.5 Å². The number of aromatic nitrogens is 1. The Balaban J connectivity index is 1.13. The standard InChI is InChI=1S/C44H51N4O9P/c1-54-32-20-21-35-38(23-32)45-37(29-13-6-5-7-14-29)25-40(35)56-34-24-39-41(49)47-44(58(52,53)28-33-18-12-22-55-33)26-30(44)15-8-3-2-4-9-19-36(42(50)48(39)27-34)46-43(51)57-31-16-10-11-17-31/h5-8,12-15,18,20-23,25,30-31,34,36,39H,2-4,9-11,16-17,19,24,26-28H2,1H3,(H,46,51)(H,47,49)(H,52,53)/t30-,34-,36+,39+,44+/m1/s1. The van der Waals surface area contributed by atoms with E-state index in [2.05, 4.69) is 10.6 Å². The molecular weight excluding hydrogens is 759 g/mol. The summed E-state index contributed by atoms with van der Waals surface area (Å²) in [7, 11) is -2.51. The lowest BCUT2D eigenvalue weighted by Gasteiger charge is -2.31. The molecule has 3 fully saturated rings. The molecule has 0 radical (unpaired) electrons. The molecule has 4 aromatic rings. The molecule has 3 amide bonds. The van der Waals surface area contributed by atoms with Crippen molar-refractivity contribution in [2.45, 2.75) is 106 Å². The van der Waals surface area contributed by atoms with Gasteiger partial charge in [-0.05, 0) is 75.6 Å². The van der Waals surface area contributed by atoms with E-state index < -0.39 is 48.7 Å². The van der Waals surface area contributed by atoms with Gasteiger partial charge in [-0.2, -0.15) is 0 Å². The Morgan fingerprint density at radius 3 is 2.60 bits per heavy atom. The van der Waals surface area contributed by atoms with E-state index in [1.165, 1.54) is 11.2 Å². The van der Waals surface area contributed by atoms with Gasteiger partial charge in [-0.15, -0.1) is 0 Å². The molecule has 2 aromatic carbocycles. The molecule has 3 N–H and O–H groups in total. The van der Waals surface area contributed by atoms with Crippen LogP contribution in [0, 0.1) is 5.92 Å². The van der Waals surface area contributed by atoms with Crippen LogP contribution in [-0.2, 0) is 25.1 Å². The summed E-state index contributed by atoms with van der Waals surface area (Å²) in [4.78, 5) is 60.8. The first-order chi connectivity index (χ1) is 28.1. The van der Waals surface area contributed by atoms with Crippen molar-refractivity contribution in [2.24, 2.45) is 5.92 Å². The van der Waals surface area contributed by atoms with Gasteiger partial charge in [-0.3, -0.25) is 14.2 Å². The minimum atomic E-state index is -4.10. The fraction of sp³-hybridized carbons (Fsp3) is 0.455. The number of hydrogen-bond acceptors (Lipinski definition) is 9. The monoisotopic (exact) mass is 810 g/mol. The molecule has 2 aliphatic carbocycles. The minimum absolute atomic E-state index is 0.0346. The first-order valence-electron chi connectivity index (χ1n) is 20.4. The smallest absolute Gasteiger partial charge is 0.408 e. The molecule has 2 saturated carbocycles. The zero-order valence-corrected chi connectivity index (χ0v) is 33.6. The lowest BCUT2D eigenvalue weighted by atomic mass is 10.0. The number of benzene rings is 2. The molecule has 2 aromatic heterocycles. The van der Waals surface area contributed by atoms with Crippen LogP contribution in [-0.4, -0.2) is 75.9 Å². The largest absolute Gasteiger partial charge is 0.497 e. The molecule has 0 spiro atoms. The van der Waals surface area contributed by atoms with Crippen molar-refractivity contribution in [3.63, 3.8) is 0 Å². The number of allylic oxidation sites excluding steroid dienone is 1. The third kappa shape index (κ3) is 8.52. The predicted octanol–water partition coefficient (Wildman–Crippen LogP) is 7.71. The Morgan fingerprint density at radius 1 is 1.02 bits per heavy atom. The van der Waals surface area contributed by atoms with Crippen molar-refractivity contribution in [2.75, 3.05) is 13.7 Å². The van der Waals surface area contributed by atoms with Gasteiger partial charge in [0.25, 0.3) is 0 Å². The number of furan rings is 1. The lowest BCUT2D eigenvalue weighted by Crippen LogP contribution is -2.55. The zero-order valence-electron chi connectivity index (χ0n) is 32.7. The van der Waals surface area contributed by atoms with Gasteiger partial charge in [0.2, 0.25) is 19.2 Å². The van der Waals surface area contributed by atoms with E-state index in [4.69, 9.17) is 23.6 Å². The summed E-state index contributed by atoms with van der Waals surface area (Å²) in [5.41, 5.74) is 2.20. The van der Waals surface area contributed by atoms with Crippen LogP contribution in [0.4, 0.5) is 4.79 Å². The molecule has 2 aliphatic heterocycles. The van der Waals surface area contributed by atoms with Gasteiger partial charge >= 0.3 is 6.09 Å². The van der Waals surface area contributed by atoms with Crippen molar-refractivity contribution >= 4 is 36.2 Å². The number of carbonyl (C=O) groups excluding carboxylic acids is 3. The summed E-state index contributed by atoms with van der Waals surface area (Å²) < 4.78 is 37.8. The van der Waals surface area contributed by atoms with Crippen molar-refractivity contribution in [1.29, 1.82) is 0 Å². The first kappa shape index (κ1) is 39.7. The van der Waals surface area contributed by atoms with E-state index in [0.29, 0.717) is 41.3 Å². The lowest BCUT2D eigenvalue weighted by molar-refractivity contribution is -0.140. The first-order valence-corrected chi connectivity index (χ1v) is 22.3. The van der Waals surface area contributed by atoms with E-state index >= 15 is 0 Å². The number of fused-ring (bicyclic) bond motifs is 3. The molecule has 8 rings (SSSR count). The normalized spacial score (nSPS) is 26.4. The maximum atomic E-state index is 14.8. The van der Waals surface area contributed by atoms with Crippen LogP contribution in [0.25, 0.3) is 22.2 Å². The van der Waals surface area contributed by atoms with Crippen LogP contribution in [0.15, 0.2) is 89.6 Å². The second-order valence-electron chi connectivity index (χ2n) is 16.0. The average molecular weight is 811 g/mol.